The van der Waals surface area contributed by atoms with E-state index >= 15 is 0 Å². The van der Waals surface area contributed by atoms with Crippen LogP contribution in [-0.4, -0.2) is 47.1 Å². The summed E-state index contributed by atoms with van der Waals surface area (Å²) in [5.41, 5.74) is 2.69. The second-order valence-electron chi connectivity index (χ2n) is 9.21. The number of aryl methyl sites for hydroxylation is 1. The summed E-state index contributed by atoms with van der Waals surface area (Å²) < 4.78 is 7.79. The number of fused-ring (bicyclic) bond motifs is 1. The molecule has 1 aliphatic heterocycles. The molecule has 0 spiro atoms. The Kier molecular flexibility index (Phi) is 6.29. The van der Waals surface area contributed by atoms with Crippen molar-refractivity contribution in [1.82, 2.24) is 9.78 Å². The molecule has 0 radical (unpaired) electrons. The van der Waals surface area contributed by atoms with E-state index in [1.165, 1.54) is 30.6 Å². The van der Waals surface area contributed by atoms with Crippen molar-refractivity contribution in [2.75, 3.05) is 30.4 Å². The molecule has 33 heavy (non-hydrogen) atoms. The zero-order valence-electron chi connectivity index (χ0n) is 19.3. The zero-order chi connectivity index (χ0) is 22.9. The Bertz CT molecular complexity index is 1140. The Morgan fingerprint density at radius 2 is 1.91 bits per heavy atom. The van der Waals surface area contributed by atoms with E-state index < -0.39 is 0 Å². The van der Waals surface area contributed by atoms with Gasteiger partial charge in [-0.2, -0.15) is 5.10 Å². The lowest BCUT2D eigenvalue weighted by Gasteiger charge is -2.32. The minimum atomic E-state index is -0.221. The fourth-order valence-corrected chi connectivity index (χ4v) is 6.20. The van der Waals surface area contributed by atoms with Gasteiger partial charge in [0.15, 0.2) is 0 Å². The Morgan fingerprint density at radius 3 is 2.64 bits per heavy atom. The van der Waals surface area contributed by atoms with E-state index in [9.17, 15) is 9.90 Å². The number of hydrogen-bond acceptors (Lipinski definition) is 6. The second kappa shape index (κ2) is 9.35. The molecule has 1 saturated heterocycles. The van der Waals surface area contributed by atoms with E-state index in [0.29, 0.717) is 16.6 Å². The minimum absolute atomic E-state index is 0.110. The smallest absolute Gasteiger partial charge is 0.265 e. The average Bonchev–Trinajstić information content (AvgIpc) is 3.41. The summed E-state index contributed by atoms with van der Waals surface area (Å²) in [5, 5.41) is 18.7. The van der Waals surface area contributed by atoms with Crippen LogP contribution in [0.4, 0.5) is 11.4 Å². The van der Waals surface area contributed by atoms with Crippen LogP contribution in [0.1, 0.15) is 66.4 Å². The van der Waals surface area contributed by atoms with Crippen molar-refractivity contribution >= 4 is 38.8 Å². The second-order valence-corrected chi connectivity index (χ2v) is 10.2. The normalized spacial score (nSPS) is 18.1. The molecule has 0 unspecified atom stereocenters. The molecule has 2 aliphatic rings. The first-order valence-electron chi connectivity index (χ1n) is 11.9. The van der Waals surface area contributed by atoms with Gasteiger partial charge in [0, 0.05) is 30.2 Å². The van der Waals surface area contributed by atoms with Gasteiger partial charge in [-0.3, -0.25) is 9.48 Å². The van der Waals surface area contributed by atoms with Crippen molar-refractivity contribution in [2.45, 2.75) is 64.0 Å². The topological polar surface area (TPSA) is 79.6 Å². The van der Waals surface area contributed by atoms with Crippen LogP contribution < -0.4 is 15.0 Å². The van der Waals surface area contributed by atoms with Crippen LogP contribution in [0.25, 0.3) is 10.2 Å². The molecule has 2 aromatic heterocycles. The summed E-state index contributed by atoms with van der Waals surface area (Å²) in [4.78, 5) is 17.1. The number of benzene rings is 1. The van der Waals surface area contributed by atoms with E-state index in [-0.39, 0.29) is 12.0 Å². The van der Waals surface area contributed by atoms with Crippen LogP contribution in [0.3, 0.4) is 0 Å². The molecule has 3 aromatic rings. The number of aliphatic hydroxyl groups excluding tert-OH is 1. The van der Waals surface area contributed by atoms with Gasteiger partial charge in [0.05, 0.1) is 35.5 Å². The maximum atomic E-state index is 13.1. The summed E-state index contributed by atoms with van der Waals surface area (Å²) in [6.07, 6.45) is 7.42. The Hall–Kier alpha value is -2.58. The van der Waals surface area contributed by atoms with Gasteiger partial charge >= 0.3 is 0 Å². The number of carbonyl (C=O) groups is 1. The number of thiophene rings is 1. The standard InChI is InChI=1S/C25H32N4O3S/c1-16-20-15-23(33-25(20)29(27-16)18-6-4-3-5-7-18)24(31)26-17-8-9-21(22(14-17)32-2)28-12-10-19(30)11-13-28/h8-9,14-15,18-19,30H,3-7,10-13H2,1-2H3,(H,26,31). The van der Waals surface area contributed by atoms with Crippen molar-refractivity contribution in [3.05, 3.63) is 34.8 Å². The number of nitrogens with one attached hydrogen (secondary N) is 1. The van der Waals surface area contributed by atoms with Crippen LogP contribution in [0, 0.1) is 6.92 Å². The number of methoxy groups -OCH3 is 1. The largest absolute Gasteiger partial charge is 0.495 e. The third-order valence-corrected chi connectivity index (χ3v) is 8.08. The highest BCUT2D eigenvalue weighted by Crippen LogP contribution is 2.36. The molecule has 176 valence electrons. The van der Waals surface area contributed by atoms with Crippen LogP contribution in [0.15, 0.2) is 24.3 Å². The lowest BCUT2D eigenvalue weighted by Crippen LogP contribution is -2.36. The highest BCUT2D eigenvalue weighted by molar-refractivity contribution is 7.20. The number of rotatable bonds is 5. The quantitative estimate of drug-likeness (QED) is 0.542. The van der Waals surface area contributed by atoms with E-state index in [0.717, 1.165) is 66.1 Å². The summed E-state index contributed by atoms with van der Waals surface area (Å²) >= 11 is 1.53. The van der Waals surface area contributed by atoms with Crippen molar-refractivity contribution in [3.63, 3.8) is 0 Å². The highest BCUT2D eigenvalue weighted by Gasteiger charge is 2.23. The summed E-state index contributed by atoms with van der Waals surface area (Å²) in [6, 6.07) is 8.20. The number of ether oxygens (including phenoxy) is 1. The van der Waals surface area contributed by atoms with Crippen LogP contribution >= 0.6 is 11.3 Å². The van der Waals surface area contributed by atoms with Gasteiger partial charge in [-0.1, -0.05) is 19.3 Å². The molecule has 1 saturated carbocycles. The molecule has 1 aliphatic carbocycles. The van der Waals surface area contributed by atoms with E-state index in [2.05, 4.69) is 14.9 Å². The first-order valence-corrected chi connectivity index (χ1v) is 12.8. The molecule has 2 N–H and O–H groups in total. The van der Waals surface area contributed by atoms with Crippen molar-refractivity contribution < 1.29 is 14.6 Å². The van der Waals surface area contributed by atoms with Gasteiger partial charge in [0.1, 0.15) is 10.6 Å². The number of hydrogen-bond donors (Lipinski definition) is 2. The summed E-state index contributed by atoms with van der Waals surface area (Å²) in [7, 11) is 1.65. The van der Waals surface area contributed by atoms with Crippen LogP contribution in [-0.2, 0) is 0 Å². The molecular formula is C25H32N4O3S. The van der Waals surface area contributed by atoms with Crippen molar-refractivity contribution in [1.29, 1.82) is 0 Å². The van der Waals surface area contributed by atoms with Gasteiger partial charge in [-0.05, 0) is 50.8 Å². The fraction of sp³-hybridized carbons (Fsp3) is 0.520. The Morgan fingerprint density at radius 1 is 1.15 bits per heavy atom. The molecule has 0 bridgehead atoms. The first-order chi connectivity index (χ1) is 16.0. The molecular weight excluding hydrogens is 436 g/mol. The SMILES string of the molecule is COc1cc(NC(=O)c2cc3c(C)nn(C4CCCCC4)c3s2)ccc1N1CCC(O)CC1. The Labute approximate surface area is 198 Å². The van der Waals surface area contributed by atoms with Crippen molar-refractivity contribution in [3.8, 4) is 5.75 Å². The predicted molar refractivity (Wildman–Crippen MR) is 133 cm³/mol. The lowest BCUT2D eigenvalue weighted by atomic mass is 9.96. The first kappa shape index (κ1) is 22.2. The summed E-state index contributed by atoms with van der Waals surface area (Å²) in [5.74, 6) is 0.617. The molecule has 8 heteroatoms. The number of piperidine rings is 1. The minimum Gasteiger partial charge on any atom is -0.495 e. The molecule has 5 rings (SSSR count). The number of amides is 1. The van der Waals surface area contributed by atoms with Gasteiger partial charge in [0.25, 0.3) is 5.91 Å². The number of anilines is 2. The Balaban J connectivity index is 1.35. The van der Waals surface area contributed by atoms with Gasteiger partial charge in [-0.25, -0.2) is 0 Å². The van der Waals surface area contributed by atoms with E-state index in [1.54, 1.807) is 7.11 Å². The number of aliphatic hydroxyl groups is 1. The summed E-state index contributed by atoms with van der Waals surface area (Å²) in [6.45, 7) is 3.62. The molecule has 3 heterocycles. The molecule has 1 amide bonds. The fourth-order valence-electron chi connectivity index (χ4n) is 5.07. The molecule has 2 fully saturated rings. The molecule has 0 atom stereocenters. The molecule has 7 nitrogen and oxygen atoms in total. The maximum Gasteiger partial charge on any atom is 0.265 e. The third kappa shape index (κ3) is 4.46. The number of aromatic nitrogens is 2. The zero-order valence-corrected chi connectivity index (χ0v) is 20.2. The van der Waals surface area contributed by atoms with Crippen LogP contribution in [0.2, 0.25) is 0 Å². The van der Waals surface area contributed by atoms with Gasteiger partial charge in [-0.15, -0.1) is 11.3 Å². The van der Waals surface area contributed by atoms with E-state index in [1.807, 2.05) is 31.2 Å². The van der Waals surface area contributed by atoms with Crippen molar-refractivity contribution in [2.24, 2.45) is 0 Å². The third-order valence-electron chi connectivity index (χ3n) is 6.96. The number of carbonyl (C=O) groups excluding carboxylic acids is 1. The lowest BCUT2D eigenvalue weighted by molar-refractivity contribution is 0.103. The number of nitrogens with zero attached hydrogens (tertiary/aromatic N) is 3. The highest BCUT2D eigenvalue weighted by atomic mass is 32.1. The van der Waals surface area contributed by atoms with E-state index in [4.69, 9.17) is 9.84 Å². The van der Waals surface area contributed by atoms with Crippen LogP contribution in [0.5, 0.6) is 5.75 Å². The average molecular weight is 469 g/mol. The monoisotopic (exact) mass is 468 g/mol. The molecule has 1 aromatic carbocycles. The van der Waals surface area contributed by atoms with Gasteiger partial charge < -0.3 is 20.1 Å². The van der Waals surface area contributed by atoms with Gasteiger partial charge in [0.2, 0.25) is 0 Å². The predicted octanol–water partition coefficient (Wildman–Crippen LogP) is 5.13. The maximum absolute atomic E-state index is 13.1.